The third-order valence-corrected chi connectivity index (χ3v) is 4.18. The number of halogens is 1. The average Bonchev–Trinajstić information content (AvgIpc) is 3.00. The molecule has 7 heteroatoms. The van der Waals surface area contributed by atoms with E-state index < -0.39 is 0 Å². The van der Waals surface area contributed by atoms with E-state index in [0.29, 0.717) is 16.5 Å². The lowest BCUT2D eigenvalue weighted by Crippen LogP contribution is -1.96. The minimum Gasteiger partial charge on any atom is -0.506 e. The molecule has 0 spiro atoms. The number of hydrogen-bond donors (Lipinski definition) is 1. The van der Waals surface area contributed by atoms with Crippen molar-refractivity contribution in [1.82, 2.24) is 14.9 Å². The van der Waals surface area contributed by atoms with Gasteiger partial charge >= 0.3 is 0 Å². The van der Waals surface area contributed by atoms with Crippen molar-refractivity contribution in [3.63, 3.8) is 0 Å². The van der Waals surface area contributed by atoms with Crippen molar-refractivity contribution in [3.05, 3.63) is 59.1 Å². The van der Waals surface area contributed by atoms with Crippen LogP contribution in [0.15, 0.2) is 58.8 Å². The average molecular weight is 345 g/mol. The highest BCUT2D eigenvalue weighted by atomic mass is 35.5. The van der Waals surface area contributed by atoms with E-state index in [4.69, 9.17) is 11.6 Å². The summed E-state index contributed by atoms with van der Waals surface area (Å²) in [5.41, 5.74) is 1.53. The van der Waals surface area contributed by atoms with Crippen LogP contribution in [-0.4, -0.2) is 32.5 Å². The lowest BCUT2D eigenvalue weighted by Gasteiger charge is -2.04. The third kappa shape index (κ3) is 3.23. The van der Waals surface area contributed by atoms with Gasteiger partial charge in [0.25, 0.3) is 0 Å². The molecule has 0 fully saturated rings. The van der Waals surface area contributed by atoms with Crippen molar-refractivity contribution >= 4 is 29.6 Å². The normalized spacial score (nSPS) is 11.2. The summed E-state index contributed by atoms with van der Waals surface area (Å²) in [7, 11) is 0. The van der Waals surface area contributed by atoms with Crippen LogP contribution in [0.25, 0.3) is 11.4 Å². The summed E-state index contributed by atoms with van der Waals surface area (Å²) in [4.78, 5) is 0. The molecule has 0 saturated carbocycles. The fraction of sp³-hybridized carbons (Fsp3) is 0.0625. The first-order valence-electron chi connectivity index (χ1n) is 6.77. The van der Waals surface area contributed by atoms with Crippen LogP contribution < -0.4 is 0 Å². The van der Waals surface area contributed by atoms with Gasteiger partial charge in [0.2, 0.25) is 5.16 Å². The van der Waals surface area contributed by atoms with E-state index in [0.717, 1.165) is 5.56 Å². The van der Waals surface area contributed by atoms with Gasteiger partial charge in [-0.3, -0.25) is 0 Å². The number of thioether (sulfide) groups is 1. The molecule has 0 aliphatic heterocycles. The van der Waals surface area contributed by atoms with Crippen LogP contribution in [0.4, 0.5) is 0 Å². The summed E-state index contributed by atoms with van der Waals surface area (Å²) in [6.45, 7) is 0. The monoisotopic (exact) mass is 344 g/mol. The van der Waals surface area contributed by atoms with Crippen LogP contribution >= 0.6 is 23.4 Å². The molecule has 1 aromatic heterocycles. The summed E-state index contributed by atoms with van der Waals surface area (Å²) in [5, 5.41) is 23.4. The van der Waals surface area contributed by atoms with Gasteiger partial charge in [-0.1, -0.05) is 65.8 Å². The molecule has 0 unspecified atom stereocenters. The summed E-state index contributed by atoms with van der Waals surface area (Å²) >= 11 is 7.52. The quantitative estimate of drug-likeness (QED) is 0.575. The second-order valence-corrected chi connectivity index (χ2v) is 5.76. The molecule has 3 aromatic rings. The zero-order chi connectivity index (χ0) is 16.2. The van der Waals surface area contributed by atoms with Crippen LogP contribution in [0.1, 0.15) is 5.56 Å². The molecule has 1 N–H and O–H groups in total. The first-order valence-corrected chi connectivity index (χ1v) is 8.37. The summed E-state index contributed by atoms with van der Waals surface area (Å²) in [6, 6.07) is 14.7. The van der Waals surface area contributed by atoms with Crippen molar-refractivity contribution in [1.29, 1.82) is 0 Å². The predicted molar refractivity (Wildman–Crippen MR) is 93.3 cm³/mol. The first-order chi connectivity index (χ1) is 11.2. The highest BCUT2D eigenvalue weighted by Crippen LogP contribution is 2.26. The molecule has 0 saturated heterocycles. The Morgan fingerprint density at radius 1 is 1.13 bits per heavy atom. The number of hydrogen-bond acceptors (Lipinski definition) is 5. The Hall–Kier alpha value is -2.31. The minimum atomic E-state index is 0.0211. The van der Waals surface area contributed by atoms with Crippen LogP contribution in [0.2, 0.25) is 5.02 Å². The predicted octanol–water partition coefficient (Wildman–Crippen LogP) is 3.91. The van der Waals surface area contributed by atoms with Crippen LogP contribution in [0.5, 0.6) is 5.75 Å². The van der Waals surface area contributed by atoms with E-state index in [2.05, 4.69) is 15.3 Å². The Morgan fingerprint density at radius 3 is 2.65 bits per heavy atom. The van der Waals surface area contributed by atoms with Gasteiger partial charge in [0.1, 0.15) is 5.75 Å². The maximum Gasteiger partial charge on any atom is 0.212 e. The van der Waals surface area contributed by atoms with Gasteiger partial charge in [-0.05, 0) is 12.3 Å². The summed E-state index contributed by atoms with van der Waals surface area (Å²) in [5.74, 6) is 0.662. The van der Waals surface area contributed by atoms with Crippen molar-refractivity contribution in [2.45, 2.75) is 5.16 Å². The second-order valence-electron chi connectivity index (χ2n) is 4.61. The zero-order valence-corrected chi connectivity index (χ0v) is 13.8. The molecule has 1 heterocycles. The van der Waals surface area contributed by atoms with Gasteiger partial charge in [-0.25, -0.2) is 0 Å². The Balaban J connectivity index is 2.04. The number of phenols is 1. The highest BCUT2D eigenvalue weighted by Gasteiger charge is 2.12. The molecule has 116 valence electrons. The molecule has 0 bridgehead atoms. The number of aromatic hydroxyl groups is 1. The minimum absolute atomic E-state index is 0.0211. The summed E-state index contributed by atoms with van der Waals surface area (Å²) < 4.78 is 1.65. The maximum absolute atomic E-state index is 9.66. The number of aromatic nitrogens is 3. The van der Waals surface area contributed by atoms with E-state index >= 15 is 0 Å². The highest BCUT2D eigenvalue weighted by molar-refractivity contribution is 7.98. The van der Waals surface area contributed by atoms with E-state index in [1.807, 2.05) is 36.6 Å². The first kappa shape index (κ1) is 15.6. The van der Waals surface area contributed by atoms with Crippen molar-refractivity contribution in [2.75, 3.05) is 6.26 Å². The molecule has 2 aromatic carbocycles. The Morgan fingerprint density at radius 2 is 1.91 bits per heavy atom. The molecule has 23 heavy (non-hydrogen) atoms. The fourth-order valence-electron chi connectivity index (χ4n) is 2.02. The summed E-state index contributed by atoms with van der Waals surface area (Å²) in [6.07, 6.45) is 3.49. The number of phenolic OH excluding ortho intramolecular Hbond substituents is 1. The molecular weight excluding hydrogens is 332 g/mol. The van der Waals surface area contributed by atoms with Gasteiger partial charge < -0.3 is 5.11 Å². The van der Waals surface area contributed by atoms with Crippen molar-refractivity contribution in [3.8, 4) is 17.1 Å². The molecule has 0 radical (unpaired) electrons. The SMILES string of the molecule is CSc1nnc(-c2ccccc2)n1/N=C/c1cccc(O)c1Cl. The van der Waals surface area contributed by atoms with Crippen LogP contribution in [0.3, 0.4) is 0 Å². The molecule has 0 amide bonds. The topological polar surface area (TPSA) is 63.3 Å². The van der Waals surface area contributed by atoms with E-state index in [-0.39, 0.29) is 10.8 Å². The van der Waals surface area contributed by atoms with Crippen molar-refractivity contribution in [2.24, 2.45) is 5.10 Å². The van der Waals surface area contributed by atoms with Gasteiger partial charge in [-0.2, -0.15) is 9.78 Å². The lowest BCUT2D eigenvalue weighted by molar-refractivity contribution is 0.475. The fourth-order valence-corrected chi connectivity index (χ4v) is 2.62. The largest absolute Gasteiger partial charge is 0.506 e. The lowest BCUT2D eigenvalue weighted by atomic mass is 10.2. The molecule has 0 aliphatic carbocycles. The van der Waals surface area contributed by atoms with Gasteiger partial charge in [-0.15, -0.1) is 10.2 Å². The van der Waals surface area contributed by atoms with Gasteiger partial charge in [0, 0.05) is 11.1 Å². The van der Waals surface area contributed by atoms with E-state index in [9.17, 15) is 5.11 Å². The van der Waals surface area contributed by atoms with Gasteiger partial charge in [0.05, 0.1) is 11.2 Å². The van der Waals surface area contributed by atoms with Gasteiger partial charge in [0.15, 0.2) is 5.82 Å². The number of benzene rings is 2. The van der Waals surface area contributed by atoms with Crippen LogP contribution in [-0.2, 0) is 0 Å². The maximum atomic E-state index is 9.66. The molecule has 0 aliphatic rings. The number of rotatable bonds is 4. The van der Waals surface area contributed by atoms with E-state index in [1.165, 1.54) is 17.8 Å². The second kappa shape index (κ2) is 6.85. The Kier molecular flexibility index (Phi) is 4.64. The smallest absolute Gasteiger partial charge is 0.212 e. The standard InChI is InChI=1S/C16H13ClN4OS/c1-23-16-20-19-15(11-6-3-2-4-7-11)21(16)18-10-12-8-5-9-13(22)14(12)17/h2-10,22H,1H3/b18-10+. The Labute approximate surface area is 142 Å². The molecular formula is C16H13ClN4OS. The van der Waals surface area contributed by atoms with E-state index in [1.54, 1.807) is 23.0 Å². The van der Waals surface area contributed by atoms with Crippen molar-refractivity contribution < 1.29 is 5.11 Å². The third-order valence-electron chi connectivity index (χ3n) is 3.15. The molecule has 3 rings (SSSR count). The number of nitrogens with zero attached hydrogens (tertiary/aromatic N) is 4. The molecule has 5 nitrogen and oxygen atoms in total. The molecule has 0 atom stereocenters. The Bertz CT molecular complexity index is 849. The van der Waals surface area contributed by atoms with Crippen LogP contribution in [0, 0.1) is 0 Å². The zero-order valence-electron chi connectivity index (χ0n) is 12.2.